The highest BCUT2D eigenvalue weighted by Crippen LogP contribution is 2.40. The lowest BCUT2D eigenvalue weighted by Gasteiger charge is -2.18. The highest BCUT2D eigenvalue weighted by molar-refractivity contribution is 14.1. The number of halogens is 1. The number of esters is 1. The lowest BCUT2D eigenvalue weighted by Crippen LogP contribution is -2.36. The normalized spacial score (nSPS) is 14.0. The van der Waals surface area contributed by atoms with Crippen LogP contribution in [0.15, 0.2) is 54.6 Å². The average molecular weight is 492 g/mol. The first-order valence-corrected chi connectivity index (χ1v) is 10.1. The van der Waals surface area contributed by atoms with Crippen LogP contribution < -0.4 is 10.6 Å². The summed E-state index contributed by atoms with van der Waals surface area (Å²) in [5.41, 5.74) is 1.54. The summed E-state index contributed by atoms with van der Waals surface area (Å²) >= 11 is 2.05. The van der Waals surface area contributed by atoms with Crippen LogP contribution in [0.2, 0.25) is 0 Å². The summed E-state index contributed by atoms with van der Waals surface area (Å²) in [4.78, 5) is 36.1. The maximum absolute atomic E-state index is 12.2. The smallest absolute Gasteiger partial charge is 0.325 e. The Bertz CT molecular complexity index is 852. The van der Waals surface area contributed by atoms with Gasteiger partial charge >= 0.3 is 5.97 Å². The molecular formula is C21H21IN2O4. The van der Waals surface area contributed by atoms with E-state index in [2.05, 4.69) is 33.2 Å². The Morgan fingerprint density at radius 3 is 2.39 bits per heavy atom. The van der Waals surface area contributed by atoms with Crippen molar-refractivity contribution in [1.29, 1.82) is 0 Å². The largest absolute Gasteiger partial charge is 0.454 e. The predicted molar refractivity (Wildman–Crippen MR) is 113 cm³/mol. The van der Waals surface area contributed by atoms with Crippen molar-refractivity contribution in [3.63, 3.8) is 0 Å². The van der Waals surface area contributed by atoms with Crippen LogP contribution in [0, 0.1) is 9.49 Å². The summed E-state index contributed by atoms with van der Waals surface area (Å²) in [6.07, 6.45) is 2.15. The Morgan fingerprint density at radius 2 is 1.71 bits per heavy atom. The summed E-state index contributed by atoms with van der Waals surface area (Å²) in [6.45, 7) is -0.657. The monoisotopic (exact) mass is 492 g/mol. The quantitative estimate of drug-likeness (QED) is 0.439. The minimum absolute atomic E-state index is 0.0627. The SMILES string of the molecule is O=C(COC(=O)CNC(=O)c1ccccc1I)NC(c1ccccc1)C1CC1. The van der Waals surface area contributed by atoms with Gasteiger partial charge in [0.05, 0.1) is 11.6 Å². The highest BCUT2D eigenvalue weighted by atomic mass is 127. The Morgan fingerprint density at radius 1 is 1.04 bits per heavy atom. The number of hydrogen-bond donors (Lipinski definition) is 2. The number of carbonyl (C=O) groups excluding carboxylic acids is 3. The second kappa shape index (κ2) is 9.68. The first-order valence-electron chi connectivity index (χ1n) is 9.07. The van der Waals surface area contributed by atoms with Crippen molar-refractivity contribution in [1.82, 2.24) is 10.6 Å². The number of benzene rings is 2. The van der Waals surface area contributed by atoms with Crippen molar-refractivity contribution in [3.05, 3.63) is 69.3 Å². The number of rotatable bonds is 8. The molecule has 1 unspecified atom stereocenters. The lowest BCUT2D eigenvalue weighted by atomic mass is 10.0. The minimum Gasteiger partial charge on any atom is -0.454 e. The van der Waals surface area contributed by atoms with Crippen molar-refractivity contribution in [2.45, 2.75) is 18.9 Å². The van der Waals surface area contributed by atoms with Crippen LogP contribution >= 0.6 is 22.6 Å². The molecule has 0 spiro atoms. The summed E-state index contributed by atoms with van der Waals surface area (Å²) in [7, 11) is 0. The molecule has 1 fully saturated rings. The van der Waals surface area contributed by atoms with E-state index in [4.69, 9.17) is 4.74 Å². The second-order valence-electron chi connectivity index (χ2n) is 6.62. The van der Waals surface area contributed by atoms with Gasteiger partial charge in [0.25, 0.3) is 11.8 Å². The van der Waals surface area contributed by atoms with E-state index in [-0.39, 0.29) is 31.0 Å². The van der Waals surface area contributed by atoms with Crippen molar-refractivity contribution in [2.75, 3.05) is 13.2 Å². The van der Waals surface area contributed by atoms with Gasteiger partial charge in [-0.2, -0.15) is 0 Å². The molecule has 1 aliphatic carbocycles. The molecule has 0 aromatic heterocycles. The van der Waals surface area contributed by atoms with Crippen LogP contribution in [0.25, 0.3) is 0 Å². The van der Waals surface area contributed by atoms with Gasteiger partial charge in [-0.1, -0.05) is 42.5 Å². The number of carbonyl (C=O) groups is 3. The fourth-order valence-electron chi connectivity index (χ4n) is 2.87. The molecule has 2 N–H and O–H groups in total. The van der Waals surface area contributed by atoms with Crippen LogP contribution in [-0.2, 0) is 14.3 Å². The van der Waals surface area contributed by atoms with E-state index in [0.29, 0.717) is 11.5 Å². The van der Waals surface area contributed by atoms with E-state index in [1.165, 1.54) is 0 Å². The van der Waals surface area contributed by atoms with Crippen LogP contribution in [0.1, 0.15) is 34.8 Å². The van der Waals surface area contributed by atoms with Crippen LogP contribution in [0.5, 0.6) is 0 Å². The molecule has 0 aliphatic heterocycles. The first-order chi connectivity index (χ1) is 13.5. The highest BCUT2D eigenvalue weighted by Gasteiger charge is 2.33. The number of ether oxygens (including phenoxy) is 1. The molecule has 1 atom stereocenters. The van der Waals surface area contributed by atoms with Gasteiger partial charge in [0.15, 0.2) is 6.61 Å². The molecule has 1 saturated carbocycles. The van der Waals surface area contributed by atoms with E-state index in [0.717, 1.165) is 22.0 Å². The average Bonchev–Trinajstić information content (AvgIpc) is 3.55. The fraction of sp³-hybridized carbons (Fsp3) is 0.286. The van der Waals surface area contributed by atoms with Gasteiger partial charge in [0.2, 0.25) is 0 Å². The summed E-state index contributed by atoms with van der Waals surface area (Å²) in [5, 5.41) is 5.45. The van der Waals surface area contributed by atoms with Gasteiger partial charge in [-0.3, -0.25) is 14.4 Å². The van der Waals surface area contributed by atoms with Crippen LogP contribution in [-0.4, -0.2) is 30.9 Å². The molecule has 0 bridgehead atoms. The molecule has 2 aromatic carbocycles. The van der Waals surface area contributed by atoms with Crippen LogP contribution in [0.4, 0.5) is 0 Å². The minimum atomic E-state index is -0.655. The Hall–Kier alpha value is -2.42. The van der Waals surface area contributed by atoms with E-state index in [1.807, 2.05) is 36.4 Å². The predicted octanol–water partition coefficient (Wildman–Crippen LogP) is 2.83. The van der Waals surface area contributed by atoms with Gasteiger partial charge in [-0.15, -0.1) is 0 Å². The van der Waals surface area contributed by atoms with Crippen molar-refractivity contribution in [3.8, 4) is 0 Å². The zero-order valence-corrected chi connectivity index (χ0v) is 17.3. The maximum Gasteiger partial charge on any atom is 0.325 e. The van der Waals surface area contributed by atoms with Gasteiger partial charge in [0, 0.05) is 3.57 Å². The third-order valence-electron chi connectivity index (χ3n) is 4.44. The number of amides is 2. The number of hydrogen-bond acceptors (Lipinski definition) is 4. The first kappa shape index (κ1) is 20.3. The Labute approximate surface area is 177 Å². The molecule has 0 radical (unpaired) electrons. The fourth-order valence-corrected chi connectivity index (χ4v) is 3.50. The molecule has 3 rings (SSSR count). The zero-order valence-electron chi connectivity index (χ0n) is 15.2. The Balaban J connectivity index is 1.43. The lowest BCUT2D eigenvalue weighted by molar-refractivity contribution is -0.147. The number of nitrogens with one attached hydrogen (secondary N) is 2. The van der Waals surface area contributed by atoms with Crippen LogP contribution in [0.3, 0.4) is 0 Å². The van der Waals surface area contributed by atoms with E-state index < -0.39 is 5.97 Å². The zero-order chi connectivity index (χ0) is 19.9. The van der Waals surface area contributed by atoms with Crippen molar-refractivity contribution >= 4 is 40.4 Å². The van der Waals surface area contributed by atoms with Gasteiger partial charge in [-0.25, -0.2) is 0 Å². The molecule has 2 amide bonds. The molecule has 0 saturated heterocycles. The summed E-state index contributed by atoms with van der Waals surface area (Å²) < 4.78 is 5.78. The van der Waals surface area contributed by atoms with Gasteiger partial charge in [-0.05, 0) is 59.0 Å². The molecule has 2 aromatic rings. The molecule has 146 valence electrons. The molecule has 0 heterocycles. The maximum atomic E-state index is 12.2. The molecule has 1 aliphatic rings. The van der Waals surface area contributed by atoms with Crippen molar-refractivity contribution in [2.24, 2.45) is 5.92 Å². The van der Waals surface area contributed by atoms with Crippen molar-refractivity contribution < 1.29 is 19.1 Å². The molecule has 6 nitrogen and oxygen atoms in total. The molecular weight excluding hydrogens is 471 g/mol. The third-order valence-corrected chi connectivity index (χ3v) is 5.39. The molecule has 28 heavy (non-hydrogen) atoms. The summed E-state index contributed by atoms with van der Waals surface area (Å²) in [6, 6.07) is 16.8. The standard InChI is InChI=1S/C21H21IN2O4/c22-17-9-5-4-8-16(17)21(27)23-12-19(26)28-13-18(25)24-20(15-10-11-15)14-6-2-1-3-7-14/h1-9,15,20H,10-13H2,(H,23,27)(H,24,25). The van der Waals surface area contributed by atoms with E-state index in [1.54, 1.807) is 18.2 Å². The van der Waals surface area contributed by atoms with Gasteiger partial charge in [0.1, 0.15) is 6.54 Å². The molecule has 7 heteroatoms. The van der Waals surface area contributed by atoms with E-state index in [9.17, 15) is 14.4 Å². The second-order valence-corrected chi connectivity index (χ2v) is 7.78. The Kier molecular flexibility index (Phi) is 7.02. The van der Waals surface area contributed by atoms with E-state index >= 15 is 0 Å². The van der Waals surface area contributed by atoms with Gasteiger partial charge < -0.3 is 15.4 Å². The summed E-state index contributed by atoms with van der Waals surface area (Å²) in [5.74, 6) is -0.936. The third kappa shape index (κ3) is 5.79. The topological polar surface area (TPSA) is 84.5 Å².